The summed E-state index contributed by atoms with van der Waals surface area (Å²) in [6, 6.07) is 9.68. The van der Waals surface area contributed by atoms with E-state index in [1.807, 2.05) is 36.1 Å². The minimum atomic E-state index is -3.65. The number of aromatic nitrogens is 3. The molecule has 0 spiro atoms. The van der Waals surface area contributed by atoms with Gasteiger partial charge in [-0.3, -0.25) is 14.3 Å². The molecule has 2 aliphatic carbocycles. The van der Waals surface area contributed by atoms with Gasteiger partial charge in [0.15, 0.2) is 14.9 Å². The molecule has 1 aromatic carbocycles. The average Bonchev–Trinajstić information content (AvgIpc) is 4.06. The predicted octanol–water partition coefficient (Wildman–Crippen LogP) is 1.48. The molecule has 16 nitrogen and oxygen atoms in total. The van der Waals surface area contributed by atoms with Crippen molar-refractivity contribution in [3.63, 3.8) is 0 Å². The third-order valence-corrected chi connectivity index (χ3v) is 12.0. The van der Waals surface area contributed by atoms with E-state index in [2.05, 4.69) is 32.8 Å². The van der Waals surface area contributed by atoms with Crippen LogP contribution in [-0.4, -0.2) is 82.0 Å². The summed E-state index contributed by atoms with van der Waals surface area (Å²) in [6.07, 6.45) is 7.39. The molecule has 1 saturated heterocycles. The number of para-hydroxylation sites is 1. The fourth-order valence-electron chi connectivity index (χ4n) is 6.92. The maximum Gasteiger partial charge on any atom is 0.271 e. The number of hydrogen-bond donors (Lipinski definition) is 7. The molecule has 1 atom stereocenters. The van der Waals surface area contributed by atoms with E-state index < -0.39 is 21.7 Å². The van der Waals surface area contributed by atoms with Crippen molar-refractivity contribution in [3.05, 3.63) is 77.3 Å². The molecule has 53 heavy (non-hydrogen) atoms. The molecule has 2 aromatic heterocycles. The lowest BCUT2D eigenvalue weighted by Crippen LogP contribution is -2.59. The van der Waals surface area contributed by atoms with Crippen molar-refractivity contribution >= 4 is 33.0 Å². The Morgan fingerprint density at radius 2 is 1.75 bits per heavy atom. The SMILES string of the molecule is CCC1c2c(cnn2C2CN(C(O)(O)c3cccc(S(=O)(=O)CC)n3)C2)-c2cccc(NC(/C=C(\N)NC(=O)C3CC3)=C(/N)C(=O)NC3CC3)c2N1C. The smallest absolute Gasteiger partial charge is 0.271 e. The van der Waals surface area contributed by atoms with Gasteiger partial charge in [-0.05, 0) is 50.3 Å². The van der Waals surface area contributed by atoms with E-state index in [0.717, 1.165) is 48.2 Å². The van der Waals surface area contributed by atoms with E-state index in [0.29, 0.717) is 12.1 Å². The summed E-state index contributed by atoms with van der Waals surface area (Å²) in [4.78, 5) is 33.2. The summed E-state index contributed by atoms with van der Waals surface area (Å²) in [7, 11) is -1.67. The highest BCUT2D eigenvalue weighted by atomic mass is 32.2. The number of amides is 2. The van der Waals surface area contributed by atoms with Crippen molar-refractivity contribution in [3.8, 4) is 11.1 Å². The minimum absolute atomic E-state index is 0.0627. The number of nitrogens with zero attached hydrogens (tertiary/aromatic N) is 5. The monoisotopic (exact) mass is 746 g/mol. The highest BCUT2D eigenvalue weighted by molar-refractivity contribution is 7.91. The van der Waals surface area contributed by atoms with Gasteiger partial charge in [-0.15, -0.1) is 0 Å². The zero-order valence-electron chi connectivity index (χ0n) is 29.9. The molecule has 3 aromatic rings. The number of hydrogen-bond acceptors (Lipinski definition) is 13. The van der Waals surface area contributed by atoms with Crippen molar-refractivity contribution in [2.45, 2.75) is 75.0 Å². The van der Waals surface area contributed by atoms with Crippen LogP contribution < -0.4 is 32.3 Å². The van der Waals surface area contributed by atoms with Crippen LogP contribution in [0.25, 0.3) is 11.1 Å². The number of sulfone groups is 1. The first-order chi connectivity index (χ1) is 25.2. The number of nitrogens with one attached hydrogen (secondary N) is 3. The number of likely N-dealkylation sites (tertiary alicyclic amines) is 1. The summed E-state index contributed by atoms with van der Waals surface area (Å²) < 4.78 is 26.8. The Labute approximate surface area is 307 Å². The van der Waals surface area contributed by atoms with Crippen LogP contribution in [0.15, 0.2) is 70.9 Å². The average molecular weight is 747 g/mol. The topological polar surface area (TPSA) is 234 Å². The second-order valence-electron chi connectivity index (χ2n) is 14.1. The van der Waals surface area contributed by atoms with Crippen molar-refractivity contribution < 1.29 is 28.2 Å². The Morgan fingerprint density at radius 3 is 2.42 bits per heavy atom. The quantitative estimate of drug-likeness (QED) is 0.0747. The number of pyridine rings is 1. The molecule has 2 aliphatic heterocycles. The number of fused-ring (bicyclic) bond motifs is 3. The Bertz CT molecular complexity index is 2120. The van der Waals surface area contributed by atoms with E-state index in [-0.39, 0.29) is 76.7 Å². The van der Waals surface area contributed by atoms with Gasteiger partial charge in [0.1, 0.15) is 17.2 Å². The van der Waals surface area contributed by atoms with Crippen LogP contribution in [0.4, 0.5) is 11.4 Å². The van der Waals surface area contributed by atoms with E-state index in [4.69, 9.17) is 16.6 Å². The first-order valence-electron chi connectivity index (χ1n) is 17.9. The van der Waals surface area contributed by atoms with E-state index in [9.17, 15) is 28.2 Å². The summed E-state index contributed by atoms with van der Waals surface area (Å²) in [5.74, 6) is -3.24. The molecule has 2 amide bonds. The van der Waals surface area contributed by atoms with Crippen LogP contribution in [-0.2, 0) is 25.3 Å². The maximum absolute atomic E-state index is 13.1. The van der Waals surface area contributed by atoms with E-state index in [1.165, 1.54) is 36.1 Å². The molecule has 0 radical (unpaired) electrons. The zero-order valence-corrected chi connectivity index (χ0v) is 30.7. The van der Waals surface area contributed by atoms with Crippen LogP contribution in [0.5, 0.6) is 0 Å². The number of allylic oxidation sites excluding steroid dienone is 1. The lowest BCUT2D eigenvalue weighted by Gasteiger charge is -2.47. The van der Waals surface area contributed by atoms with Gasteiger partial charge in [0.05, 0.1) is 46.8 Å². The van der Waals surface area contributed by atoms with Crippen LogP contribution in [0, 0.1) is 5.92 Å². The van der Waals surface area contributed by atoms with Gasteiger partial charge < -0.3 is 42.5 Å². The van der Waals surface area contributed by atoms with Crippen molar-refractivity contribution in [1.82, 2.24) is 30.3 Å². The molecule has 4 aliphatic rings. The van der Waals surface area contributed by atoms with Gasteiger partial charge >= 0.3 is 0 Å². The molecule has 4 heterocycles. The Kier molecular flexibility index (Phi) is 9.46. The fraction of sp³-hybridized carbons (Fsp3) is 0.444. The van der Waals surface area contributed by atoms with Crippen molar-refractivity contribution in [1.29, 1.82) is 0 Å². The van der Waals surface area contributed by atoms with E-state index >= 15 is 0 Å². The summed E-state index contributed by atoms with van der Waals surface area (Å²) in [5, 5.41) is 35.9. The molecule has 1 unspecified atom stereocenters. The molecule has 9 N–H and O–H groups in total. The molecule has 7 rings (SSSR count). The number of aliphatic hydroxyl groups is 2. The number of anilines is 2. The maximum atomic E-state index is 13.1. The molecule has 0 bridgehead atoms. The van der Waals surface area contributed by atoms with Gasteiger partial charge in [-0.25, -0.2) is 18.3 Å². The second kappa shape index (κ2) is 13.8. The number of nitrogens with two attached hydrogens (primary N) is 2. The van der Waals surface area contributed by atoms with Crippen molar-refractivity contribution in [2.75, 3.05) is 36.1 Å². The Morgan fingerprint density at radius 1 is 1.04 bits per heavy atom. The lowest BCUT2D eigenvalue weighted by atomic mass is 9.91. The van der Waals surface area contributed by atoms with Crippen molar-refractivity contribution in [2.24, 2.45) is 17.4 Å². The molecule has 17 heteroatoms. The largest absolute Gasteiger partial charge is 0.393 e. The summed E-state index contributed by atoms with van der Waals surface area (Å²) >= 11 is 0. The predicted molar refractivity (Wildman–Crippen MR) is 197 cm³/mol. The highest BCUT2D eigenvalue weighted by Gasteiger charge is 2.46. The lowest BCUT2D eigenvalue weighted by molar-refractivity contribution is -0.302. The second-order valence-corrected chi connectivity index (χ2v) is 16.4. The molecular weight excluding hydrogens is 701 g/mol. The Hall–Kier alpha value is -4.97. The summed E-state index contributed by atoms with van der Waals surface area (Å²) in [6.45, 7) is 4.03. The first-order valence-corrected chi connectivity index (χ1v) is 19.6. The van der Waals surface area contributed by atoms with Crippen LogP contribution >= 0.6 is 0 Å². The Balaban J connectivity index is 1.17. The minimum Gasteiger partial charge on any atom is -0.393 e. The zero-order chi connectivity index (χ0) is 37.8. The number of rotatable bonds is 13. The number of carbonyl (C=O) groups is 2. The van der Waals surface area contributed by atoms with Gasteiger partial charge in [-0.1, -0.05) is 32.0 Å². The third-order valence-electron chi connectivity index (χ3n) is 10.3. The van der Waals surface area contributed by atoms with Crippen LogP contribution in [0.2, 0.25) is 0 Å². The standard InChI is InChI=1S/C36H46N10O6S/c1-4-27-33-24(17-39-46(33)22-18-45(19-22)36(49,50)28-10-7-11-30(42-28)53(51,52)5-2)23-8-6-9-25(32(23)44(27)3)41-26(31(38)35(48)40-21-14-15-21)16-29(37)43-34(47)20-12-13-20/h6-11,16-17,20-22,27,41,49-50H,4-5,12-15,18-19,37-38H2,1-3H3,(H,40,48)(H,43,47)/b29-16+,31-26+. The van der Waals surface area contributed by atoms with Gasteiger partial charge in [0.2, 0.25) is 5.91 Å². The van der Waals surface area contributed by atoms with Crippen LogP contribution in [0.1, 0.15) is 69.4 Å². The van der Waals surface area contributed by atoms with Gasteiger partial charge in [0.25, 0.3) is 11.8 Å². The van der Waals surface area contributed by atoms with Gasteiger partial charge in [0, 0.05) is 49.3 Å². The normalized spacial score (nSPS) is 19.8. The summed E-state index contributed by atoms with van der Waals surface area (Å²) in [5.41, 5.74) is 17.0. The van der Waals surface area contributed by atoms with Crippen LogP contribution in [0.3, 0.4) is 0 Å². The molecule has 282 valence electrons. The molecule has 3 fully saturated rings. The highest BCUT2D eigenvalue weighted by Crippen LogP contribution is 2.50. The third kappa shape index (κ3) is 6.96. The molecular formula is C36H46N10O6S. The molecule has 2 saturated carbocycles. The fourth-order valence-corrected chi connectivity index (χ4v) is 7.74. The van der Waals surface area contributed by atoms with Gasteiger partial charge in [-0.2, -0.15) is 5.10 Å². The number of benzene rings is 1. The number of carbonyl (C=O) groups excluding carboxylic acids is 2. The first kappa shape index (κ1) is 36.4. The van der Waals surface area contributed by atoms with E-state index in [1.54, 1.807) is 0 Å².